The molecule has 126 valence electrons. The van der Waals surface area contributed by atoms with Crippen molar-refractivity contribution in [2.24, 2.45) is 0 Å². The number of allylic oxidation sites excluding steroid dienone is 1. The van der Waals surface area contributed by atoms with Crippen molar-refractivity contribution in [3.05, 3.63) is 77.8 Å². The highest BCUT2D eigenvalue weighted by molar-refractivity contribution is 5.92. The van der Waals surface area contributed by atoms with E-state index in [1.54, 1.807) is 12.5 Å². The first-order valence-corrected chi connectivity index (χ1v) is 8.22. The maximum Gasteiger partial charge on any atom is 0.151 e. The molecule has 0 aliphatic carbocycles. The lowest BCUT2D eigenvalue weighted by atomic mass is 9.97. The number of anilines is 1. The molecule has 0 aliphatic rings. The highest BCUT2D eigenvalue weighted by Crippen LogP contribution is 2.28. The molecule has 0 saturated carbocycles. The molecule has 1 heterocycles. The van der Waals surface area contributed by atoms with E-state index < -0.39 is 0 Å². The molecule has 0 saturated heterocycles. The number of carbonyl (C=O) groups excluding carboxylic acids is 1. The van der Waals surface area contributed by atoms with Gasteiger partial charge in [-0.3, -0.25) is 4.79 Å². The lowest BCUT2D eigenvalue weighted by molar-refractivity contribution is 0.112. The molecule has 0 fully saturated rings. The minimum Gasteiger partial charge on any atom is -0.364 e. The smallest absolute Gasteiger partial charge is 0.151 e. The van der Waals surface area contributed by atoms with Gasteiger partial charge in [0.2, 0.25) is 0 Å². The average molecular weight is 332 g/mol. The molecule has 25 heavy (non-hydrogen) atoms. The molecule has 0 aliphatic heterocycles. The summed E-state index contributed by atoms with van der Waals surface area (Å²) >= 11 is 0. The van der Waals surface area contributed by atoms with Gasteiger partial charge in [0.25, 0.3) is 0 Å². The van der Waals surface area contributed by atoms with Crippen molar-refractivity contribution >= 4 is 18.0 Å². The third-order valence-corrected chi connectivity index (χ3v) is 4.26. The van der Waals surface area contributed by atoms with Crippen molar-refractivity contribution in [1.82, 2.24) is 5.16 Å². The second-order valence-corrected chi connectivity index (χ2v) is 5.72. The summed E-state index contributed by atoms with van der Waals surface area (Å²) in [7, 11) is 2.04. The van der Waals surface area contributed by atoms with Crippen molar-refractivity contribution in [3.63, 3.8) is 0 Å². The molecule has 1 aromatic heterocycles. The number of aromatic nitrogens is 1. The summed E-state index contributed by atoms with van der Waals surface area (Å²) in [5, 5.41) is 3.73. The van der Waals surface area contributed by atoms with E-state index in [1.807, 2.05) is 43.4 Å². The van der Waals surface area contributed by atoms with Crippen LogP contribution in [0.4, 0.5) is 5.69 Å². The summed E-state index contributed by atoms with van der Waals surface area (Å²) in [6.07, 6.45) is 6.97. The summed E-state index contributed by atoms with van der Waals surface area (Å²) in [5.41, 5.74) is 5.37. The third kappa shape index (κ3) is 3.53. The Balaban J connectivity index is 2.04. The maximum atomic E-state index is 11.8. The fourth-order valence-corrected chi connectivity index (χ4v) is 2.86. The Bertz CT molecular complexity index is 868. The van der Waals surface area contributed by atoms with Crippen molar-refractivity contribution in [2.45, 2.75) is 13.3 Å². The van der Waals surface area contributed by atoms with E-state index in [1.165, 1.54) is 0 Å². The molecule has 2 aromatic carbocycles. The topological polar surface area (TPSA) is 46.3 Å². The van der Waals surface area contributed by atoms with E-state index in [0.717, 1.165) is 40.8 Å². The lowest BCUT2D eigenvalue weighted by Crippen LogP contribution is -2.15. The monoisotopic (exact) mass is 332 g/mol. The van der Waals surface area contributed by atoms with Gasteiger partial charge in [-0.1, -0.05) is 48.5 Å². The van der Waals surface area contributed by atoms with Crippen molar-refractivity contribution in [2.75, 3.05) is 11.9 Å². The summed E-state index contributed by atoms with van der Waals surface area (Å²) in [5.74, 6) is 0. The van der Waals surface area contributed by atoms with E-state index in [0.29, 0.717) is 5.56 Å². The molecule has 0 bridgehead atoms. The van der Waals surface area contributed by atoms with Crippen LogP contribution in [0.3, 0.4) is 0 Å². The number of carbonyl (C=O) groups is 1. The van der Waals surface area contributed by atoms with Crippen LogP contribution in [0.2, 0.25) is 0 Å². The average Bonchev–Trinajstić information content (AvgIpc) is 3.20. The highest BCUT2D eigenvalue weighted by Gasteiger charge is 2.12. The summed E-state index contributed by atoms with van der Waals surface area (Å²) < 4.78 is 4.92. The van der Waals surface area contributed by atoms with Crippen molar-refractivity contribution in [3.8, 4) is 11.1 Å². The van der Waals surface area contributed by atoms with Crippen LogP contribution >= 0.6 is 0 Å². The molecule has 3 aromatic rings. The Morgan fingerprint density at radius 1 is 1.16 bits per heavy atom. The molecule has 3 rings (SSSR count). The minimum atomic E-state index is 0.637. The number of rotatable bonds is 6. The molecule has 0 atom stereocenters. The second kappa shape index (κ2) is 7.62. The van der Waals surface area contributed by atoms with Gasteiger partial charge >= 0.3 is 0 Å². The van der Waals surface area contributed by atoms with E-state index in [-0.39, 0.29) is 0 Å². The molecule has 4 nitrogen and oxygen atoms in total. The fourth-order valence-electron chi connectivity index (χ4n) is 2.86. The van der Waals surface area contributed by atoms with Crippen LogP contribution < -0.4 is 4.90 Å². The Labute approximate surface area is 147 Å². The molecular formula is C21H20N2O2. The van der Waals surface area contributed by atoms with Crippen LogP contribution in [0.1, 0.15) is 29.3 Å². The van der Waals surface area contributed by atoms with Crippen LogP contribution in [0.25, 0.3) is 17.2 Å². The van der Waals surface area contributed by atoms with Crippen LogP contribution in [-0.2, 0) is 0 Å². The van der Waals surface area contributed by atoms with E-state index in [4.69, 9.17) is 4.52 Å². The Morgan fingerprint density at radius 2 is 1.96 bits per heavy atom. The van der Waals surface area contributed by atoms with E-state index >= 15 is 0 Å². The molecular weight excluding hydrogens is 312 g/mol. The quantitative estimate of drug-likeness (QED) is 0.593. The van der Waals surface area contributed by atoms with Crippen LogP contribution in [0.15, 0.2) is 71.2 Å². The van der Waals surface area contributed by atoms with Gasteiger partial charge in [-0.2, -0.15) is 0 Å². The zero-order valence-electron chi connectivity index (χ0n) is 14.3. The van der Waals surface area contributed by atoms with Crippen LogP contribution in [0, 0.1) is 0 Å². The molecule has 0 amide bonds. The molecule has 0 spiro atoms. The maximum absolute atomic E-state index is 11.8. The lowest BCUT2D eigenvalue weighted by Gasteiger charge is -2.22. The van der Waals surface area contributed by atoms with Crippen LogP contribution in [0.5, 0.6) is 0 Å². The first-order valence-electron chi connectivity index (χ1n) is 8.22. The number of aldehydes is 1. The standard InChI is InChI=1S/C21H20N2O2/c1-3-18(23(2)19-9-5-4-6-10-19)12-16-8-7-11-20(21(16)14-24)17-13-22-25-15-17/h4-15H,3H2,1-2H3/b18-12-. The summed E-state index contributed by atoms with van der Waals surface area (Å²) in [6, 6.07) is 16.0. The number of hydrogen-bond donors (Lipinski definition) is 0. The van der Waals surface area contributed by atoms with Gasteiger partial charge in [0, 0.05) is 29.6 Å². The zero-order valence-corrected chi connectivity index (χ0v) is 14.3. The van der Waals surface area contributed by atoms with Crippen molar-refractivity contribution < 1.29 is 9.32 Å². The van der Waals surface area contributed by atoms with Crippen molar-refractivity contribution in [1.29, 1.82) is 0 Å². The number of hydrogen-bond acceptors (Lipinski definition) is 4. The number of benzene rings is 2. The van der Waals surface area contributed by atoms with Gasteiger partial charge in [-0.05, 0) is 35.8 Å². The van der Waals surface area contributed by atoms with Gasteiger partial charge in [0.1, 0.15) is 6.26 Å². The molecule has 0 unspecified atom stereocenters. The third-order valence-electron chi connectivity index (χ3n) is 4.26. The minimum absolute atomic E-state index is 0.637. The van der Waals surface area contributed by atoms with Crippen LogP contribution in [-0.4, -0.2) is 18.5 Å². The number of para-hydroxylation sites is 1. The van der Waals surface area contributed by atoms with Gasteiger partial charge in [-0.25, -0.2) is 0 Å². The van der Waals surface area contributed by atoms with Gasteiger partial charge < -0.3 is 9.42 Å². The largest absolute Gasteiger partial charge is 0.364 e. The second-order valence-electron chi connectivity index (χ2n) is 5.72. The first kappa shape index (κ1) is 16.7. The van der Waals surface area contributed by atoms with Gasteiger partial charge in [0.15, 0.2) is 6.29 Å². The summed E-state index contributed by atoms with van der Waals surface area (Å²) in [6.45, 7) is 2.11. The fraction of sp³-hybridized carbons (Fsp3) is 0.143. The normalized spacial score (nSPS) is 11.4. The molecule has 0 radical (unpaired) electrons. The molecule has 0 N–H and O–H groups in total. The zero-order chi connectivity index (χ0) is 17.6. The highest BCUT2D eigenvalue weighted by atomic mass is 16.5. The Morgan fingerprint density at radius 3 is 2.60 bits per heavy atom. The predicted octanol–water partition coefficient (Wildman–Crippen LogP) is 5.04. The summed E-state index contributed by atoms with van der Waals surface area (Å²) in [4.78, 5) is 13.9. The Kier molecular flexibility index (Phi) is 5.09. The first-order chi connectivity index (χ1) is 12.2. The van der Waals surface area contributed by atoms with E-state index in [2.05, 4.69) is 35.2 Å². The SMILES string of the molecule is CC/C(=C/c1cccc(-c2cnoc2)c1C=O)N(C)c1ccccc1. The van der Waals surface area contributed by atoms with Gasteiger partial charge in [-0.15, -0.1) is 0 Å². The predicted molar refractivity (Wildman–Crippen MR) is 100 cm³/mol. The Hall–Kier alpha value is -3.14. The number of nitrogens with zero attached hydrogens (tertiary/aromatic N) is 2. The van der Waals surface area contributed by atoms with Gasteiger partial charge in [0.05, 0.1) is 6.20 Å². The molecule has 4 heteroatoms. The van der Waals surface area contributed by atoms with E-state index in [9.17, 15) is 4.79 Å².